The highest BCUT2D eigenvalue weighted by Gasteiger charge is 2.18. The number of anilines is 1. The number of aromatic nitrogens is 3. The van der Waals surface area contributed by atoms with Crippen LogP contribution in [0, 0.1) is 10.1 Å². The topological polar surface area (TPSA) is 115 Å². The number of para-hydroxylation sites is 1. The molecule has 0 aliphatic carbocycles. The molecule has 2 aromatic carbocycles. The van der Waals surface area contributed by atoms with E-state index in [4.69, 9.17) is 0 Å². The molecule has 2 aromatic heterocycles. The van der Waals surface area contributed by atoms with Crippen molar-refractivity contribution in [3.05, 3.63) is 101 Å². The molecule has 0 fully saturated rings. The van der Waals surface area contributed by atoms with Crippen molar-refractivity contribution in [2.24, 2.45) is 0 Å². The first-order valence-electron chi connectivity index (χ1n) is 9.94. The number of rotatable bonds is 8. The van der Waals surface area contributed by atoms with Crippen molar-refractivity contribution >= 4 is 17.3 Å². The average Bonchev–Trinajstić information content (AvgIpc) is 3.29. The van der Waals surface area contributed by atoms with Gasteiger partial charge < -0.3 is 10.6 Å². The van der Waals surface area contributed by atoms with Crippen LogP contribution in [0.15, 0.2) is 85.3 Å². The second kappa shape index (κ2) is 9.52. The van der Waals surface area contributed by atoms with Crippen LogP contribution in [0.3, 0.4) is 0 Å². The van der Waals surface area contributed by atoms with Gasteiger partial charge in [0.1, 0.15) is 5.69 Å². The Hall–Kier alpha value is -4.53. The van der Waals surface area contributed by atoms with Gasteiger partial charge in [-0.25, -0.2) is 4.68 Å². The number of benzene rings is 2. The van der Waals surface area contributed by atoms with E-state index in [1.165, 1.54) is 12.1 Å². The SMILES string of the molecule is O=C(NCCNc1ccc([N+](=O)[O-])cc1)c1cn(-c2ccccc2)nc1-c1cccnc1. The van der Waals surface area contributed by atoms with Crippen molar-refractivity contribution in [2.75, 3.05) is 18.4 Å². The maximum Gasteiger partial charge on any atom is 0.269 e. The summed E-state index contributed by atoms with van der Waals surface area (Å²) in [6, 6.07) is 19.3. The second-order valence-electron chi connectivity index (χ2n) is 6.90. The fourth-order valence-corrected chi connectivity index (χ4v) is 3.15. The van der Waals surface area contributed by atoms with E-state index >= 15 is 0 Å². The zero-order valence-electron chi connectivity index (χ0n) is 17.0. The molecule has 0 spiro atoms. The Morgan fingerprint density at radius 1 is 1.00 bits per heavy atom. The summed E-state index contributed by atoms with van der Waals surface area (Å²) in [5.74, 6) is -0.253. The number of carbonyl (C=O) groups is 1. The molecule has 9 nitrogen and oxygen atoms in total. The number of hydrogen-bond acceptors (Lipinski definition) is 6. The van der Waals surface area contributed by atoms with Crippen LogP contribution in [0.4, 0.5) is 11.4 Å². The largest absolute Gasteiger partial charge is 0.383 e. The minimum atomic E-state index is -0.445. The Balaban J connectivity index is 1.45. The lowest BCUT2D eigenvalue weighted by Crippen LogP contribution is -2.28. The highest BCUT2D eigenvalue weighted by Crippen LogP contribution is 2.23. The second-order valence-corrected chi connectivity index (χ2v) is 6.90. The molecule has 0 saturated carbocycles. The van der Waals surface area contributed by atoms with Gasteiger partial charge in [0, 0.05) is 55.1 Å². The number of non-ortho nitro benzene ring substituents is 1. The van der Waals surface area contributed by atoms with Crippen molar-refractivity contribution in [3.8, 4) is 16.9 Å². The normalized spacial score (nSPS) is 10.5. The molecule has 0 unspecified atom stereocenters. The molecule has 9 heteroatoms. The maximum absolute atomic E-state index is 12.9. The zero-order chi connectivity index (χ0) is 22.3. The Morgan fingerprint density at radius 2 is 1.78 bits per heavy atom. The van der Waals surface area contributed by atoms with Gasteiger partial charge in [-0.3, -0.25) is 19.9 Å². The van der Waals surface area contributed by atoms with Crippen molar-refractivity contribution in [1.82, 2.24) is 20.1 Å². The van der Waals surface area contributed by atoms with Crippen LogP contribution in [-0.2, 0) is 0 Å². The van der Waals surface area contributed by atoms with Crippen molar-refractivity contribution in [3.63, 3.8) is 0 Å². The quantitative estimate of drug-likeness (QED) is 0.251. The summed E-state index contributed by atoms with van der Waals surface area (Å²) in [4.78, 5) is 27.3. The molecule has 1 amide bonds. The summed E-state index contributed by atoms with van der Waals surface area (Å²) in [6.45, 7) is 0.817. The first-order valence-corrected chi connectivity index (χ1v) is 9.94. The Bertz CT molecular complexity index is 1210. The molecule has 0 bridgehead atoms. The molecule has 4 rings (SSSR count). The number of nitrogens with zero attached hydrogens (tertiary/aromatic N) is 4. The Labute approximate surface area is 183 Å². The lowest BCUT2D eigenvalue weighted by molar-refractivity contribution is -0.384. The molecule has 0 saturated heterocycles. The van der Waals surface area contributed by atoms with Crippen LogP contribution < -0.4 is 10.6 Å². The molecule has 160 valence electrons. The van der Waals surface area contributed by atoms with Crippen LogP contribution in [0.1, 0.15) is 10.4 Å². The lowest BCUT2D eigenvalue weighted by Gasteiger charge is -2.08. The number of hydrogen-bond donors (Lipinski definition) is 2. The predicted octanol–water partition coefficient (Wildman–Crippen LogP) is 3.68. The zero-order valence-corrected chi connectivity index (χ0v) is 17.0. The van der Waals surface area contributed by atoms with E-state index < -0.39 is 4.92 Å². The highest BCUT2D eigenvalue weighted by atomic mass is 16.6. The van der Waals surface area contributed by atoms with E-state index in [1.54, 1.807) is 41.5 Å². The summed E-state index contributed by atoms with van der Waals surface area (Å²) in [5.41, 5.74) is 3.34. The van der Waals surface area contributed by atoms with Crippen LogP contribution in [-0.4, -0.2) is 38.7 Å². The molecule has 32 heavy (non-hydrogen) atoms. The van der Waals surface area contributed by atoms with Crippen molar-refractivity contribution in [2.45, 2.75) is 0 Å². The van der Waals surface area contributed by atoms with Gasteiger partial charge in [0.15, 0.2) is 0 Å². The molecule has 0 radical (unpaired) electrons. The van der Waals surface area contributed by atoms with Gasteiger partial charge in [-0.2, -0.15) is 5.10 Å². The van der Waals surface area contributed by atoms with Crippen molar-refractivity contribution < 1.29 is 9.72 Å². The molecule has 0 atom stereocenters. The number of carbonyl (C=O) groups excluding carboxylic acids is 1. The van der Waals surface area contributed by atoms with Gasteiger partial charge in [0.05, 0.1) is 16.2 Å². The third-order valence-electron chi connectivity index (χ3n) is 4.73. The Kier molecular flexibility index (Phi) is 6.17. The van der Waals surface area contributed by atoms with E-state index in [1.807, 2.05) is 36.4 Å². The molecular formula is C23H20N6O3. The molecule has 4 aromatic rings. The van der Waals surface area contributed by atoms with Gasteiger partial charge >= 0.3 is 0 Å². The van der Waals surface area contributed by atoms with Crippen LogP contribution in [0.2, 0.25) is 0 Å². The van der Waals surface area contributed by atoms with E-state index in [0.717, 1.165) is 16.9 Å². The van der Waals surface area contributed by atoms with Gasteiger partial charge in [0.2, 0.25) is 0 Å². The first-order chi connectivity index (χ1) is 15.6. The number of nitro benzene ring substituents is 1. The number of amides is 1. The first kappa shape index (κ1) is 20.7. The molecule has 0 aliphatic heterocycles. The summed E-state index contributed by atoms with van der Waals surface area (Å²) >= 11 is 0. The predicted molar refractivity (Wildman–Crippen MR) is 121 cm³/mol. The van der Waals surface area contributed by atoms with Gasteiger partial charge in [-0.1, -0.05) is 18.2 Å². The van der Waals surface area contributed by atoms with Crippen LogP contribution in [0.5, 0.6) is 0 Å². The van der Waals surface area contributed by atoms with Gasteiger partial charge in [-0.15, -0.1) is 0 Å². The van der Waals surface area contributed by atoms with E-state index in [9.17, 15) is 14.9 Å². The minimum absolute atomic E-state index is 0.0298. The van der Waals surface area contributed by atoms with E-state index in [2.05, 4.69) is 20.7 Å². The monoisotopic (exact) mass is 428 g/mol. The van der Waals surface area contributed by atoms with Gasteiger partial charge in [-0.05, 0) is 36.4 Å². The fraction of sp³-hybridized carbons (Fsp3) is 0.0870. The summed E-state index contributed by atoms with van der Waals surface area (Å²) in [6.07, 6.45) is 5.04. The highest BCUT2D eigenvalue weighted by molar-refractivity contribution is 5.99. The molecule has 2 N–H and O–H groups in total. The number of nitrogens with one attached hydrogen (secondary N) is 2. The summed E-state index contributed by atoms with van der Waals surface area (Å²) in [7, 11) is 0. The minimum Gasteiger partial charge on any atom is -0.383 e. The molecular weight excluding hydrogens is 408 g/mol. The third-order valence-corrected chi connectivity index (χ3v) is 4.73. The number of pyridine rings is 1. The van der Waals surface area contributed by atoms with Crippen LogP contribution in [0.25, 0.3) is 16.9 Å². The summed E-state index contributed by atoms with van der Waals surface area (Å²) < 4.78 is 1.67. The standard InChI is InChI=1S/C23H20N6O3/c30-23(26-14-13-25-18-8-10-20(11-9-18)29(31)32)21-16-28(19-6-2-1-3-7-19)27-22(21)17-5-4-12-24-15-17/h1-12,15-16,25H,13-14H2,(H,26,30). The van der Waals surface area contributed by atoms with Crippen molar-refractivity contribution in [1.29, 1.82) is 0 Å². The maximum atomic E-state index is 12.9. The van der Waals surface area contributed by atoms with Gasteiger partial charge in [0.25, 0.3) is 11.6 Å². The van der Waals surface area contributed by atoms with Crippen LogP contribution >= 0.6 is 0 Å². The molecule has 0 aliphatic rings. The third kappa shape index (κ3) is 4.78. The average molecular weight is 428 g/mol. The lowest BCUT2D eigenvalue weighted by atomic mass is 10.1. The Morgan fingerprint density at radius 3 is 2.47 bits per heavy atom. The fourth-order valence-electron chi connectivity index (χ4n) is 3.15. The van der Waals surface area contributed by atoms with E-state index in [0.29, 0.717) is 24.3 Å². The number of nitro groups is 1. The summed E-state index contributed by atoms with van der Waals surface area (Å²) in [5, 5.41) is 21.4. The smallest absolute Gasteiger partial charge is 0.269 e. The van der Waals surface area contributed by atoms with E-state index in [-0.39, 0.29) is 11.6 Å². The molecule has 2 heterocycles.